The molecule has 0 aliphatic carbocycles. The Morgan fingerprint density at radius 3 is 2.41 bits per heavy atom. The van der Waals surface area contributed by atoms with Crippen molar-refractivity contribution in [3.05, 3.63) is 48.2 Å². The van der Waals surface area contributed by atoms with Gasteiger partial charge in [-0.25, -0.2) is 4.79 Å². The van der Waals surface area contributed by atoms with E-state index < -0.39 is 5.97 Å². The van der Waals surface area contributed by atoms with Gasteiger partial charge in [-0.05, 0) is 12.1 Å². The molecule has 4 nitrogen and oxygen atoms in total. The van der Waals surface area contributed by atoms with Crippen molar-refractivity contribution in [2.75, 3.05) is 13.1 Å². The molecule has 3 rings (SSSR count). The first-order valence-corrected chi connectivity index (χ1v) is 5.44. The zero-order chi connectivity index (χ0) is 12.1. The molecular formula is C13H14N2O2. The summed E-state index contributed by atoms with van der Waals surface area (Å²) in [6.45, 7) is 2.14. The minimum atomic E-state index is -0.925. The number of aromatic nitrogens is 1. The average Bonchev–Trinajstić information content (AvgIpc) is 3.01. The topological polar surface area (TPSA) is 65.1 Å². The molecule has 3 N–H and O–H groups in total. The maximum Gasteiger partial charge on any atom is 0.352 e. The summed E-state index contributed by atoms with van der Waals surface area (Å²) in [5, 5.41) is 12.7. The zero-order valence-corrected chi connectivity index (χ0v) is 9.31. The summed E-state index contributed by atoms with van der Waals surface area (Å²) in [6.07, 6.45) is 4.25. The molecule has 1 aliphatic rings. The molecule has 1 aromatic carbocycles. The van der Waals surface area contributed by atoms with Crippen LogP contribution in [0.3, 0.4) is 0 Å². The van der Waals surface area contributed by atoms with Crippen molar-refractivity contribution in [2.24, 2.45) is 0 Å². The summed E-state index contributed by atoms with van der Waals surface area (Å²) in [4.78, 5) is 13.3. The van der Waals surface area contributed by atoms with Gasteiger partial charge in [0.05, 0.1) is 0 Å². The molecule has 0 spiro atoms. The Morgan fingerprint density at radius 2 is 1.88 bits per heavy atom. The first-order chi connectivity index (χ1) is 8.27. The van der Waals surface area contributed by atoms with Gasteiger partial charge >= 0.3 is 5.97 Å². The summed E-state index contributed by atoms with van der Waals surface area (Å²) < 4.78 is 0. The third-order valence-corrected chi connectivity index (χ3v) is 2.45. The van der Waals surface area contributed by atoms with Crippen molar-refractivity contribution in [1.82, 2.24) is 10.3 Å². The molecule has 0 unspecified atom stereocenters. The Labute approximate surface area is 99.0 Å². The minimum absolute atomic E-state index is 0.233. The molecule has 0 saturated heterocycles. The second-order valence-corrected chi connectivity index (χ2v) is 3.71. The van der Waals surface area contributed by atoms with Crippen molar-refractivity contribution in [1.29, 1.82) is 0 Å². The fraction of sp³-hybridized carbons (Fsp3) is 0.154. The standard InChI is InChI=1S/C9H7NO2.C4H7N/c11-9(12)8-5-6-3-1-2-4-7(6)10-8;1-2-4-5-3-1/h1-5,10H,(H,11,12);1-2,5H,3-4H2. The van der Waals surface area contributed by atoms with Gasteiger partial charge in [-0.15, -0.1) is 0 Å². The van der Waals surface area contributed by atoms with Crippen LogP contribution in [-0.4, -0.2) is 29.1 Å². The summed E-state index contributed by atoms with van der Waals surface area (Å²) in [5.41, 5.74) is 1.09. The number of fused-ring (bicyclic) bond motifs is 1. The van der Waals surface area contributed by atoms with Crippen LogP contribution in [0.2, 0.25) is 0 Å². The van der Waals surface area contributed by atoms with Gasteiger partial charge in [-0.2, -0.15) is 0 Å². The number of carboxylic acids is 1. The van der Waals surface area contributed by atoms with Crippen LogP contribution in [0.15, 0.2) is 42.5 Å². The van der Waals surface area contributed by atoms with Gasteiger partial charge in [0.15, 0.2) is 0 Å². The fourth-order valence-corrected chi connectivity index (χ4v) is 1.61. The number of carbonyl (C=O) groups is 1. The van der Waals surface area contributed by atoms with Crippen molar-refractivity contribution < 1.29 is 9.90 Å². The molecule has 88 valence electrons. The summed E-state index contributed by atoms with van der Waals surface area (Å²) in [6, 6.07) is 9.09. The van der Waals surface area contributed by atoms with Crippen LogP contribution >= 0.6 is 0 Å². The molecule has 17 heavy (non-hydrogen) atoms. The Balaban J connectivity index is 0.000000181. The first-order valence-electron chi connectivity index (χ1n) is 5.44. The predicted molar refractivity (Wildman–Crippen MR) is 67.3 cm³/mol. The number of aromatic amines is 1. The average molecular weight is 230 g/mol. The Hall–Kier alpha value is -2.07. The van der Waals surface area contributed by atoms with E-state index in [1.807, 2.05) is 24.3 Å². The van der Waals surface area contributed by atoms with E-state index in [-0.39, 0.29) is 5.69 Å². The van der Waals surface area contributed by atoms with Crippen LogP contribution in [0.4, 0.5) is 0 Å². The van der Waals surface area contributed by atoms with Crippen LogP contribution < -0.4 is 5.32 Å². The number of hydrogen-bond acceptors (Lipinski definition) is 2. The van der Waals surface area contributed by atoms with E-state index in [9.17, 15) is 4.79 Å². The van der Waals surface area contributed by atoms with Crippen molar-refractivity contribution in [3.8, 4) is 0 Å². The normalized spacial score (nSPS) is 13.4. The van der Waals surface area contributed by atoms with Gasteiger partial charge in [0, 0.05) is 24.0 Å². The maximum atomic E-state index is 10.5. The van der Waals surface area contributed by atoms with Gasteiger partial charge < -0.3 is 15.4 Å². The number of benzene rings is 1. The van der Waals surface area contributed by atoms with Crippen LogP contribution in [0.1, 0.15) is 10.5 Å². The predicted octanol–water partition coefficient (Wildman–Crippen LogP) is 2.01. The van der Waals surface area contributed by atoms with Gasteiger partial charge in [0.25, 0.3) is 0 Å². The molecule has 0 fully saturated rings. The molecular weight excluding hydrogens is 216 g/mol. The lowest BCUT2D eigenvalue weighted by atomic mass is 10.2. The third kappa shape index (κ3) is 2.95. The Morgan fingerprint density at radius 1 is 1.18 bits per heavy atom. The molecule has 0 radical (unpaired) electrons. The molecule has 0 atom stereocenters. The largest absolute Gasteiger partial charge is 0.477 e. The third-order valence-electron chi connectivity index (χ3n) is 2.45. The molecule has 1 aromatic heterocycles. The molecule has 1 aliphatic heterocycles. The van der Waals surface area contributed by atoms with Gasteiger partial charge in [0.2, 0.25) is 0 Å². The lowest BCUT2D eigenvalue weighted by Crippen LogP contribution is -2.04. The monoisotopic (exact) mass is 230 g/mol. The number of carboxylic acid groups (broad SMARTS) is 1. The van der Waals surface area contributed by atoms with Gasteiger partial charge in [-0.3, -0.25) is 0 Å². The molecule has 2 heterocycles. The van der Waals surface area contributed by atoms with E-state index in [0.29, 0.717) is 0 Å². The van der Waals surface area contributed by atoms with Gasteiger partial charge in [-0.1, -0.05) is 30.4 Å². The smallest absolute Gasteiger partial charge is 0.352 e. The van der Waals surface area contributed by atoms with E-state index in [4.69, 9.17) is 5.11 Å². The van der Waals surface area contributed by atoms with Gasteiger partial charge in [0.1, 0.15) is 5.69 Å². The number of hydrogen-bond donors (Lipinski definition) is 3. The highest BCUT2D eigenvalue weighted by Crippen LogP contribution is 2.13. The van der Waals surface area contributed by atoms with Crippen LogP contribution in [0.25, 0.3) is 10.9 Å². The summed E-state index contributed by atoms with van der Waals surface area (Å²) in [5.74, 6) is -0.925. The Kier molecular flexibility index (Phi) is 3.57. The lowest BCUT2D eigenvalue weighted by Gasteiger charge is -1.84. The fourth-order valence-electron chi connectivity index (χ4n) is 1.61. The number of rotatable bonds is 1. The molecule has 0 amide bonds. The van der Waals surface area contributed by atoms with Crippen LogP contribution in [-0.2, 0) is 0 Å². The molecule has 0 saturated carbocycles. The zero-order valence-electron chi connectivity index (χ0n) is 9.31. The van der Waals surface area contributed by atoms with Crippen molar-refractivity contribution in [3.63, 3.8) is 0 Å². The molecule has 4 heteroatoms. The van der Waals surface area contributed by atoms with Crippen molar-refractivity contribution >= 4 is 16.9 Å². The quantitative estimate of drug-likeness (QED) is 0.656. The molecule has 0 bridgehead atoms. The SMILES string of the molecule is C1=CCNC1.O=C(O)c1cc2ccccc2[nH]1. The van der Waals surface area contributed by atoms with E-state index >= 15 is 0 Å². The van der Waals surface area contributed by atoms with E-state index in [1.54, 1.807) is 6.07 Å². The van der Waals surface area contributed by atoms with Crippen molar-refractivity contribution in [2.45, 2.75) is 0 Å². The first kappa shape index (κ1) is 11.4. The lowest BCUT2D eigenvalue weighted by molar-refractivity contribution is 0.0691. The number of para-hydroxylation sites is 1. The summed E-state index contributed by atoms with van der Waals surface area (Å²) in [7, 11) is 0. The number of nitrogens with one attached hydrogen (secondary N) is 2. The van der Waals surface area contributed by atoms with E-state index in [1.165, 1.54) is 0 Å². The van der Waals surface area contributed by atoms with Crippen LogP contribution in [0.5, 0.6) is 0 Å². The van der Waals surface area contributed by atoms with Crippen LogP contribution in [0, 0.1) is 0 Å². The number of H-pyrrole nitrogens is 1. The highest BCUT2D eigenvalue weighted by Gasteiger charge is 2.05. The highest BCUT2D eigenvalue weighted by atomic mass is 16.4. The Bertz CT molecular complexity index is 504. The second kappa shape index (κ2) is 5.32. The molecule has 2 aromatic rings. The van der Waals surface area contributed by atoms with E-state index in [2.05, 4.69) is 22.5 Å². The minimum Gasteiger partial charge on any atom is -0.477 e. The number of aromatic carboxylic acids is 1. The van der Waals surface area contributed by atoms with E-state index in [0.717, 1.165) is 24.0 Å². The summed E-state index contributed by atoms with van der Waals surface area (Å²) >= 11 is 0. The maximum absolute atomic E-state index is 10.5. The highest BCUT2D eigenvalue weighted by molar-refractivity contribution is 5.93. The second-order valence-electron chi connectivity index (χ2n) is 3.71.